The number of carboxylic acid groups (broad SMARTS) is 2. The average molecular weight is 345 g/mol. The Balaban J connectivity index is 2.79. The fraction of sp³-hybridized carbons (Fsp3) is 0.200. The van der Waals surface area contributed by atoms with Crippen LogP contribution in [0.25, 0.3) is 0 Å². The lowest BCUT2D eigenvalue weighted by Gasteiger charge is -2.30. The van der Waals surface area contributed by atoms with E-state index in [0.29, 0.717) is 0 Å². The molecular formula is C15H11F4NO4. The summed E-state index contributed by atoms with van der Waals surface area (Å²) in [7, 11) is 0. The zero-order valence-electron chi connectivity index (χ0n) is 12.1. The molecule has 0 bridgehead atoms. The van der Waals surface area contributed by atoms with Crippen molar-refractivity contribution in [1.82, 2.24) is 5.32 Å². The Kier molecular flexibility index (Phi) is 4.37. The first-order valence-electron chi connectivity index (χ1n) is 6.55. The largest absolute Gasteiger partial charge is 0.478 e. The minimum atomic E-state index is -5.03. The number of nitrogens with one attached hydrogen (secondary N) is 1. The van der Waals surface area contributed by atoms with E-state index < -0.39 is 46.7 Å². The summed E-state index contributed by atoms with van der Waals surface area (Å²) in [5, 5.41) is 20.4. The van der Waals surface area contributed by atoms with Crippen molar-refractivity contribution in [2.45, 2.75) is 19.0 Å². The van der Waals surface area contributed by atoms with E-state index in [4.69, 9.17) is 0 Å². The Morgan fingerprint density at radius 3 is 1.96 bits per heavy atom. The lowest BCUT2D eigenvalue weighted by atomic mass is 9.80. The van der Waals surface area contributed by atoms with E-state index in [0.717, 1.165) is 31.2 Å². The molecule has 1 aromatic rings. The molecule has 0 spiro atoms. The minimum absolute atomic E-state index is 0.0752. The fourth-order valence-electron chi connectivity index (χ4n) is 2.55. The highest BCUT2D eigenvalue weighted by molar-refractivity contribution is 5.98. The fourth-order valence-corrected chi connectivity index (χ4v) is 2.55. The standard InChI is InChI=1S/C15H11F4NO4/c1-6-9(13(21)22)10(7-2-4-8(16)5-3-7)11(14(23)24)12(20-6)15(17,18)19/h2-5,10,20H,1H3,(H,21,22)(H,23,24). The number of aliphatic carboxylic acids is 2. The summed E-state index contributed by atoms with van der Waals surface area (Å²) >= 11 is 0. The molecule has 0 aliphatic carbocycles. The molecule has 0 radical (unpaired) electrons. The molecule has 3 N–H and O–H groups in total. The van der Waals surface area contributed by atoms with Crippen molar-refractivity contribution in [3.63, 3.8) is 0 Å². The Hall–Kier alpha value is -2.84. The van der Waals surface area contributed by atoms with Crippen LogP contribution in [0.15, 0.2) is 46.8 Å². The van der Waals surface area contributed by atoms with Crippen molar-refractivity contribution in [3.8, 4) is 0 Å². The number of halogens is 4. The van der Waals surface area contributed by atoms with E-state index >= 15 is 0 Å². The Bertz CT molecular complexity index is 763. The number of hydrogen-bond donors (Lipinski definition) is 3. The van der Waals surface area contributed by atoms with Gasteiger partial charge in [0.15, 0.2) is 0 Å². The van der Waals surface area contributed by atoms with E-state index in [1.807, 2.05) is 5.32 Å². The van der Waals surface area contributed by atoms with Crippen LogP contribution in [0.4, 0.5) is 17.6 Å². The predicted octanol–water partition coefficient (Wildman–Crippen LogP) is 2.77. The van der Waals surface area contributed by atoms with Crippen LogP contribution >= 0.6 is 0 Å². The number of hydrogen-bond acceptors (Lipinski definition) is 3. The number of alkyl halides is 3. The molecule has 1 unspecified atom stereocenters. The molecule has 0 amide bonds. The van der Waals surface area contributed by atoms with Gasteiger partial charge in [0.05, 0.1) is 17.1 Å². The third-order valence-electron chi connectivity index (χ3n) is 3.51. The molecule has 1 aliphatic rings. The predicted molar refractivity (Wildman–Crippen MR) is 73.3 cm³/mol. The van der Waals surface area contributed by atoms with E-state index in [1.54, 1.807) is 0 Å². The van der Waals surface area contributed by atoms with Gasteiger partial charge in [-0.25, -0.2) is 14.0 Å². The molecule has 0 saturated carbocycles. The summed E-state index contributed by atoms with van der Waals surface area (Å²) in [6.45, 7) is 1.10. The number of allylic oxidation sites excluding steroid dienone is 2. The van der Waals surface area contributed by atoms with Crippen molar-refractivity contribution >= 4 is 11.9 Å². The van der Waals surface area contributed by atoms with Crippen LogP contribution in [0.3, 0.4) is 0 Å². The van der Waals surface area contributed by atoms with Crippen molar-refractivity contribution in [1.29, 1.82) is 0 Å². The van der Waals surface area contributed by atoms with Gasteiger partial charge < -0.3 is 15.5 Å². The third kappa shape index (κ3) is 3.10. The molecule has 0 aromatic heterocycles. The zero-order valence-corrected chi connectivity index (χ0v) is 12.1. The molecule has 5 nitrogen and oxygen atoms in total. The molecule has 128 valence electrons. The van der Waals surface area contributed by atoms with E-state index in [2.05, 4.69) is 0 Å². The quantitative estimate of drug-likeness (QED) is 0.734. The van der Waals surface area contributed by atoms with Gasteiger partial charge in [-0.3, -0.25) is 0 Å². The maximum absolute atomic E-state index is 13.2. The number of carbonyl (C=O) groups is 2. The highest BCUT2D eigenvalue weighted by Gasteiger charge is 2.46. The van der Waals surface area contributed by atoms with Gasteiger partial charge in [-0.05, 0) is 24.6 Å². The normalized spacial score (nSPS) is 18.5. The van der Waals surface area contributed by atoms with Gasteiger partial charge in [0.1, 0.15) is 11.5 Å². The summed E-state index contributed by atoms with van der Waals surface area (Å²) in [4.78, 5) is 22.9. The van der Waals surface area contributed by atoms with Crippen LogP contribution in [-0.2, 0) is 9.59 Å². The summed E-state index contributed by atoms with van der Waals surface area (Å²) in [5.41, 5.74) is -3.67. The summed E-state index contributed by atoms with van der Waals surface area (Å²) in [6.07, 6.45) is -5.03. The smallest absolute Gasteiger partial charge is 0.431 e. The maximum atomic E-state index is 13.2. The van der Waals surface area contributed by atoms with E-state index in [-0.39, 0.29) is 11.3 Å². The second kappa shape index (κ2) is 5.99. The topological polar surface area (TPSA) is 86.6 Å². The molecule has 9 heteroatoms. The van der Waals surface area contributed by atoms with Crippen molar-refractivity contribution in [3.05, 3.63) is 58.2 Å². The third-order valence-corrected chi connectivity index (χ3v) is 3.51. The van der Waals surface area contributed by atoms with Crippen LogP contribution < -0.4 is 5.32 Å². The molecule has 2 rings (SSSR count). The zero-order chi connectivity index (χ0) is 18.2. The van der Waals surface area contributed by atoms with Gasteiger partial charge in [-0.15, -0.1) is 0 Å². The second-order valence-electron chi connectivity index (χ2n) is 5.04. The molecule has 1 atom stereocenters. The van der Waals surface area contributed by atoms with Crippen molar-refractivity contribution in [2.24, 2.45) is 0 Å². The first-order chi connectivity index (χ1) is 11.0. The van der Waals surface area contributed by atoms with Crippen LogP contribution in [0, 0.1) is 5.82 Å². The van der Waals surface area contributed by atoms with Gasteiger partial charge in [0.25, 0.3) is 0 Å². The first kappa shape index (κ1) is 17.5. The number of rotatable bonds is 3. The van der Waals surface area contributed by atoms with Crippen LogP contribution in [0.1, 0.15) is 18.4 Å². The molecule has 1 aromatic carbocycles. The highest BCUT2D eigenvalue weighted by Crippen LogP contribution is 2.42. The highest BCUT2D eigenvalue weighted by atomic mass is 19.4. The maximum Gasteiger partial charge on any atom is 0.431 e. The monoisotopic (exact) mass is 345 g/mol. The molecule has 0 fully saturated rings. The van der Waals surface area contributed by atoms with Gasteiger partial charge in [0.2, 0.25) is 0 Å². The minimum Gasteiger partial charge on any atom is -0.478 e. The Labute approximate surface area is 132 Å². The number of benzene rings is 1. The van der Waals surface area contributed by atoms with Crippen LogP contribution in [0.2, 0.25) is 0 Å². The summed E-state index contributed by atoms with van der Waals surface area (Å²) in [6, 6.07) is 3.94. The SMILES string of the molecule is CC1=C(C(=O)O)C(c2ccc(F)cc2)C(C(=O)O)=C(C(F)(F)F)N1. The lowest BCUT2D eigenvalue weighted by molar-refractivity contribution is -0.135. The first-order valence-corrected chi connectivity index (χ1v) is 6.55. The summed E-state index contributed by atoms with van der Waals surface area (Å²) in [5.74, 6) is -5.88. The van der Waals surface area contributed by atoms with E-state index in [1.165, 1.54) is 0 Å². The number of dihydropyridines is 1. The lowest BCUT2D eigenvalue weighted by Crippen LogP contribution is -2.37. The van der Waals surface area contributed by atoms with Crippen LogP contribution in [0.5, 0.6) is 0 Å². The Morgan fingerprint density at radius 1 is 1.04 bits per heavy atom. The molecule has 1 heterocycles. The van der Waals surface area contributed by atoms with Gasteiger partial charge in [0, 0.05) is 5.70 Å². The molecule has 24 heavy (non-hydrogen) atoms. The second-order valence-corrected chi connectivity index (χ2v) is 5.04. The average Bonchev–Trinajstić information content (AvgIpc) is 2.45. The number of carboxylic acids is 2. The van der Waals surface area contributed by atoms with Gasteiger partial charge in [-0.2, -0.15) is 13.2 Å². The molecular weight excluding hydrogens is 334 g/mol. The van der Waals surface area contributed by atoms with Gasteiger partial charge >= 0.3 is 18.1 Å². The van der Waals surface area contributed by atoms with Gasteiger partial charge in [-0.1, -0.05) is 12.1 Å². The Morgan fingerprint density at radius 2 is 1.54 bits per heavy atom. The summed E-state index contributed by atoms with van der Waals surface area (Å²) < 4.78 is 52.6. The van der Waals surface area contributed by atoms with Crippen molar-refractivity contribution in [2.75, 3.05) is 0 Å². The molecule has 0 saturated heterocycles. The van der Waals surface area contributed by atoms with Crippen molar-refractivity contribution < 1.29 is 37.4 Å². The molecule has 1 aliphatic heterocycles. The van der Waals surface area contributed by atoms with E-state index in [9.17, 15) is 37.4 Å². The van der Waals surface area contributed by atoms with Crippen LogP contribution in [-0.4, -0.2) is 28.3 Å².